The summed E-state index contributed by atoms with van der Waals surface area (Å²) in [6, 6.07) is 0. The molecule has 0 radical (unpaired) electrons. The van der Waals surface area contributed by atoms with Gasteiger partial charge in [-0.1, -0.05) is 6.92 Å². The first-order valence-electron chi connectivity index (χ1n) is 8.07. The van der Waals surface area contributed by atoms with Crippen molar-refractivity contribution in [2.24, 2.45) is 11.8 Å². The minimum atomic E-state index is -0.833. The zero-order valence-corrected chi connectivity index (χ0v) is 12.6. The van der Waals surface area contributed by atoms with E-state index in [1.54, 1.807) is 4.90 Å². The number of carbonyl (C=O) groups excluding carboxylic acids is 3. The Labute approximate surface area is 128 Å². The van der Waals surface area contributed by atoms with E-state index in [0.29, 0.717) is 25.9 Å². The smallest absolute Gasteiger partial charge is 0.416 e. The molecule has 2 bridgehead atoms. The molecule has 120 valence electrons. The van der Waals surface area contributed by atoms with E-state index in [1.807, 2.05) is 6.92 Å². The second kappa shape index (κ2) is 4.68. The molecular formula is C15H20N2O5. The maximum atomic E-state index is 13.0. The average Bonchev–Trinajstić information content (AvgIpc) is 3.16. The number of nitrogens with zero attached hydrogens (tertiary/aromatic N) is 2. The molecule has 4 saturated heterocycles. The van der Waals surface area contributed by atoms with Crippen LogP contribution < -0.4 is 0 Å². The van der Waals surface area contributed by atoms with Gasteiger partial charge in [0.2, 0.25) is 5.91 Å². The molecule has 7 heteroatoms. The number of imide groups is 1. The monoisotopic (exact) mass is 308 g/mol. The summed E-state index contributed by atoms with van der Waals surface area (Å²) in [5.74, 6) is -0.829. The Morgan fingerprint density at radius 3 is 2.82 bits per heavy atom. The van der Waals surface area contributed by atoms with Gasteiger partial charge >= 0.3 is 6.09 Å². The molecular weight excluding hydrogens is 288 g/mol. The number of ether oxygens (including phenoxy) is 2. The molecule has 4 aliphatic heterocycles. The van der Waals surface area contributed by atoms with Crippen molar-refractivity contribution in [2.75, 3.05) is 19.7 Å². The topological polar surface area (TPSA) is 76.2 Å². The Morgan fingerprint density at radius 1 is 1.32 bits per heavy atom. The van der Waals surface area contributed by atoms with Crippen LogP contribution in [0, 0.1) is 11.8 Å². The van der Waals surface area contributed by atoms with Gasteiger partial charge in [0.05, 0.1) is 12.5 Å². The molecule has 0 N–H and O–H groups in total. The zero-order chi connectivity index (χ0) is 15.5. The zero-order valence-electron chi connectivity index (χ0n) is 12.6. The summed E-state index contributed by atoms with van der Waals surface area (Å²) >= 11 is 0. The quantitative estimate of drug-likeness (QED) is 0.751. The van der Waals surface area contributed by atoms with E-state index in [-0.39, 0.29) is 24.3 Å². The van der Waals surface area contributed by atoms with Crippen LogP contribution in [0.15, 0.2) is 0 Å². The standard InChI is InChI=1S/C15H20N2O5/c1-2-9-10(12(18)16-7-8-21-14(16)20)15-5-3-4-6-17(15)13(19)11(9)22-15/h9-11H,2-8H2,1H3/t9-,10+,11-,15+/m1/s1. The molecule has 0 aromatic rings. The van der Waals surface area contributed by atoms with Crippen LogP contribution in [0.1, 0.15) is 32.6 Å². The van der Waals surface area contributed by atoms with Gasteiger partial charge in [0.25, 0.3) is 5.91 Å². The van der Waals surface area contributed by atoms with Crippen LogP contribution in [0.3, 0.4) is 0 Å². The second-order valence-electron chi connectivity index (χ2n) is 6.48. The van der Waals surface area contributed by atoms with Crippen molar-refractivity contribution in [3.05, 3.63) is 0 Å². The minimum Gasteiger partial charge on any atom is -0.447 e. The maximum absolute atomic E-state index is 13.0. The first-order valence-corrected chi connectivity index (χ1v) is 8.07. The predicted molar refractivity (Wildman–Crippen MR) is 73.5 cm³/mol. The maximum Gasteiger partial charge on any atom is 0.416 e. The molecule has 0 aliphatic carbocycles. The average molecular weight is 308 g/mol. The Kier molecular flexibility index (Phi) is 2.98. The van der Waals surface area contributed by atoms with E-state index in [9.17, 15) is 14.4 Å². The van der Waals surface area contributed by atoms with Crippen molar-refractivity contribution in [1.82, 2.24) is 9.80 Å². The highest BCUT2D eigenvalue weighted by Crippen LogP contribution is 2.55. The number of hydrogen-bond donors (Lipinski definition) is 0. The molecule has 4 aliphatic rings. The molecule has 0 saturated carbocycles. The first-order chi connectivity index (χ1) is 10.6. The summed E-state index contributed by atoms with van der Waals surface area (Å²) in [6.45, 7) is 3.14. The fourth-order valence-electron chi connectivity index (χ4n) is 4.58. The van der Waals surface area contributed by atoms with E-state index < -0.39 is 23.8 Å². The fraction of sp³-hybridized carbons (Fsp3) is 0.800. The van der Waals surface area contributed by atoms with E-state index in [2.05, 4.69) is 0 Å². The number of hydrogen-bond acceptors (Lipinski definition) is 5. The normalized spacial score (nSPS) is 40.1. The van der Waals surface area contributed by atoms with Crippen LogP contribution in [0.2, 0.25) is 0 Å². The van der Waals surface area contributed by atoms with E-state index in [0.717, 1.165) is 12.8 Å². The highest BCUT2D eigenvalue weighted by Gasteiger charge is 2.70. The van der Waals surface area contributed by atoms with E-state index in [4.69, 9.17) is 9.47 Å². The number of fused-ring (bicyclic) bond motifs is 1. The lowest BCUT2D eigenvalue weighted by atomic mass is 9.73. The highest BCUT2D eigenvalue weighted by atomic mass is 16.6. The van der Waals surface area contributed by atoms with Crippen molar-refractivity contribution in [2.45, 2.75) is 44.4 Å². The molecule has 4 fully saturated rings. The van der Waals surface area contributed by atoms with Gasteiger partial charge in [0.1, 0.15) is 12.7 Å². The van der Waals surface area contributed by atoms with Crippen LogP contribution in [-0.2, 0) is 19.1 Å². The lowest BCUT2D eigenvalue weighted by Crippen LogP contribution is -2.62. The number of piperidine rings is 2. The van der Waals surface area contributed by atoms with Gasteiger partial charge in [-0.25, -0.2) is 9.69 Å². The third kappa shape index (κ3) is 1.57. The van der Waals surface area contributed by atoms with Gasteiger partial charge in [-0.3, -0.25) is 9.59 Å². The van der Waals surface area contributed by atoms with Crippen molar-refractivity contribution < 1.29 is 23.9 Å². The molecule has 4 rings (SSSR count). The molecule has 4 heterocycles. The van der Waals surface area contributed by atoms with Crippen molar-refractivity contribution in [3.63, 3.8) is 0 Å². The van der Waals surface area contributed by atoms with Gasteiger partial charge in [0, 0.05) is 12.5 Å². The summed E-state index contributed by atoms with van der Waals surface area (Å²) in [4.78, 5) is 40.2. The molecule has 4 atom stereocenters. The molecule has 0 aromatic heterocycles. The summed E-state index contributed by atoms with van der Waals surface area (Å²) in [5.41, 5.74) is -0.833. The number of cyclic esters (lactones) is 1. The molecule has 22 heavy (non-hydrogen) atoms. The van der Waals surface area contributed by atoms with E-state index >= 15 is 0 Å². The number of rotatable bonds is 2. The summed E-state index contributed by atoms with van der Waals surface area (Å²) < 4.78 is 11.0. The van der Waals surface area contributed by atoms with Crippen LogP contribution >= 0.6 is 0 Å². The molecule has 7 nitrogen and oxygen atoms in total. The van der Waals surface area contributed by atoms with Gasteiger partial charge in [-0.2, -0.15) is 0 Å². The number of carbonyl (C=O) groups is 3. The Bertz CT molecular complexity index is 550. The largest absolute Gasteiger partial charge is 0.447 e. The Morgan fingerprint density at radius 2 is 2.14 bits per heavy atom. The van der Waals surface area contributed by atoms with Gasteiger partial charge in [-0.15, -0.1) is 0 Å². The summed E-state index contributed by atoms with van der Waals surface area (Å²) in [6.07, 6.45) is 2.12. The molecule has 3 amide bonds. The second-order valence-corrected chi connectivity index (χ2v) is 6.48. The van der Waals surface area contributed by atoms with Crippen molar-refractivity contribution in [1.29, 1.82) is 0 Å². The summed E-state index contributed by atoms with van der Waals surface area (Å²) in [5, 5.41) is 0. The SMILES string of the molecule is CC[C@@H]1[C@@H](C(=O)N2CCOC2=O)[C@@]23CCCCN2C(=O)[C@@H]1O3. The third-order valence-corrected chi connectivity index (χ3v) is 5.53. The van der Waals surface area contributed by atoms with Gasteiger partial charge in [0.15, 0.2) is 5.72 Å². The van der Waals surface area contributed by atoms with Crippen molar-refractivity contribution in [3.8, 4) is 0 Å². The van der Waals surface area contributed by atoms with Gasteiger partial charge in [-0.05, 0) is 25.7 Å². The lowest BCUT2D eigenvalue weighted by molar-refractivity contribution is -0.163. The van der Waals surface area contributed by atoms with Crippen LogP contribution in [-0.4, -0.2) is 59.2 Å². The fourth-order valence-corrected chi connectivity index (χ4v) is 4.58. The van der Waals surface area contributed by atoms with Crippen LogP contribution in [0.25, 0.3) is 0 Å². The van der Waals surface area contributed by atoms with Crippen LogP contribution in [0.4, 0.5) is 4.79 Å². The third-order valence-electron chi connectivity index (χ3n) is 5.53. The number of amides is 3. The Balaban J connectivity index is 1.72. The van der Waals surface area contributed by atoms with E-state index in [1.165, 1.54) is 4.90 Å². The van der Waals surface area contributed by atoms with Gasteiger partial charge < -0.3 is 14.4 Å². The summed E-state index contributed by atoms with van der Waals surface area (Å²) in [7, 11) is 0. The Hall–Kier alpha value is -1.63. The minimum absolute atomic E-state index is 0.0135. The molecule has 0 aromatic carbocycles. The lowest BCUT2D eigenvalue weighted by Gasteiger charge is -2.46. The highest BCUT2D eigenvalue weighted by molar-refractivity contribution is 5.97. The molecule has 0 unspecified atom stereocenters. The predicted octanol–water partition coefficient (Wildman–Crippen LogP) is 0.729. The van der Waals surface area contributed by atoms with Crippen molar-refractivity contribution >= 4 is 17.9 Å². The molecule has 1 spiro atoms. The first kappa shape index (κ1) is 14.0. The van der Waals surface area contributed by atoms with Crippen LogP contribution in [0.5, 0.6) is 0 Å².